The summed E-state index contributed by atoms with van der Waals surface area (Å²) in [5.41, 5.74) is 1.39. The lowest BCUT2D eigenvalue weighted by Crippen LogP contribution is -1.44. The molecule has 1 rings (SSSR count). The van der Waals surface area contributed by atoms with Crippen molar-refractivity contribution < 1.29 is 4.21 Å². The molecule has 1 aliphatic rings. The molecule has 22 valence electrons. The van der Waals surface area contributed by atoms with Crippen LogP contribution in [-0.4, -0.2) is 9.76 Å². The van der Waals surface area contributed by atoms with Crippen LogP contribution in [0.5, 0.6) is 0 Å². The average molecular weight is 75.1 g/mol. The Balaban J connectivity index is 2.80. The van der Waals surface area contributed by atoms with Crippen molar-refractivity contribution in [1.29, 1.82) is 0 Å². The van der Waals surface area contributed by atoms with Gasteiger partial charge in [-0.25, -0.2) is 4.21 Å². The summed E-state index contributed by atoms with van der Waals surface area (Å²) in [6.07, 6.45) is 0. The molecule has 0 fully saturated rings. The summed E-state index contributed by atoms with van der Waals surface area (Å²) in [5.74, 6) is 0. The first-order chi connectivity index (χ1) is 1.89. The van der Waals surface area contributed by atoms with Gasteiger partial charge in [0.15, 0.2) is 11.0 Å². The molecule has 2 nitrogen and oxygen atoms in total. The molecular weight excluding hydrogens is 74.1 g/mol. The second-order valence-corrected chi connectivity index (χ2v) is 1.46. The van der Waals surface area contributed by atoms with Crippen LogP contribution in [-0.2, 0) is 11.0 Å². The molecule has 0 aromatic heterocycles. The van der Waals surface area contributed by atoms with Crippen molar-refractivity contribution in [3.8, 4) is 0 Å². The molecular formula is CHNOS. The van der Waals surface area contributed by atoms with E-state index in [0.717, 1.165) is 0 Å². The second kappa shape index (κ2) is 0.402. The summed E-state index contributed by atoms with van der Waals surface area (Å²) in [6.45, 7) is 0. The molecule has 0 aliphatic carbocycles. The molecule has 0 amide bonds. The summed E-state index contributed by atoms with van der Waals surface area (Å²) in [4.78, 5) is 0. The Hall–Kier alpha value is -0.180. The summed E-state index contributed by atoms with van der Waals surface area (Å²) in [5, 5.41) is 0. The van der Waals surface area contributed by atoms with Crippen molar-refractivity contribution in [2.75, 3.05) is 0 Å². The van der Waals surface area contributed by atoms with E-state index < -0.39 is 11.0 Å². The zero-order valence-corrected chi connectivity index (χ0v) is 2.66. The van der Waals surface area contributed by atoms with Crippen molar-refractivity contribution in [2.24, 2.45) is 4.40 Å². The topological polar surface area (TPSA) is 29.4 Å². The first kappa shape index (κ1) is 2.08. The van der Waals surface area contributed by atoms with Crippen LogP contribution in [0.2, 0.25) is 0 Å². The van der Waals surface area contributed by atoms with E-state index in [-0.39, 0.29) is 0 Å². The van der Waals surface area contributed by atoms with E-state index in [1.807, 2.05) is 0 Å². The van der Waals surface area contributed by atoms with Crippen LogP contribution in [0.25, 0.3) is 0 Å². The van der Waals surface area contributed by atoms with Gasteiger partial charge < -0.3 is 0 Å². The maximum Gasteiger partial charge on any atom is 0.185 e. The monoisotopic (exact) mass is 75.0 g/mol. The molecule has 1 heterocycles. The van der Waals surface area contributed by atoms with Gasteiger partial charge in [-0.3, -0.25) is 0 Å². The molecule has 1 atom stereocenters. The molecule has 4 heavy (non-hydrogen) atoms. The predicted octanol–water partition coefficient (Wildman–Crippen LogP) is -0.308. The van der Waals surface area contributed by atoms with Gasteiger partial charge in [-0.1, -0.05) is 0 Å². The highest BCUT2D eigenvalue weighted by molar-refractivity contribution is 8.04. The first-order valence-electron chi connectivity index (χ1n) is 0.843. The van der Waals surface area contributed by atoms with Crippen LogP contribution in [0.1, 0.15) is 0 Å². The lowest BCUT2D eigenvalue weighted by molar-refractivity contribution is 0.694. The van der Waals surface area contributed by atoms with E-state index >= 15 is 0 Å². The van der Waals surface area contributed by atoms with Crippen molar-refractivity contribution in [3.63, 3.8) is 0 Å². The number of hydrogen-bond donors (Lipinski definition) is 0. The Kier molecular flexibility index (Phi) is 0.209. The van der Waals surface area contributed by atoms with E-state index in [0.29, 0.717) is 0 Å². The Bertz CT molecular complexity index is 68.1. The zero-order chi connectivity index (χ0) is 2.99. The molecule has 0 radical (unpaired) electrons. The van der Waals surface area contributed by atoms with Crippen LogP contribution in [0.4, 0.5) is 0 Å². The van der Waals surface area contributed by atoms with Crippen LogP contribution >= 0.6 is 0 Å². The smallest absolute Gasteiger partial charge is 0.185 e. The lowest BCUT2D eigenvalue weighted by atomic mass is 11.8. The Morgan fingerprint density at radius 3 is 2.25 bits per heavy atom. The molecule has 0 bridgehead atoms. The van der Waals surface area contributed by atoms with E-state index in [2.05, 4.69) is 4.40 Å². The third-order valence-corrected chi connectivity index (χ3v) is 0.574. The van der Waals surface area contributed by atoms with Gasteiger partial charge in [0, 0.05) is 0 Å². The normalized spacial score (nSPS) is 35.5. The molecule has 0 aromatic rings. The molecule has 3 heteroatoms. The maximum atomic E-state index is 9.44. The van der Waals surface area contributed by atoms with Crippen LogP contribution in [0, 0.1) is 0 Å². The van der Waals surface area contributed by atoms with E-state index in [1.165, 1.54) is 5.55 Å². The number of hydrogen-bond acceptors (Lipinski definition) is 1. The highest BCUT2D eigenvalue weighted by Crippen LogP contribution is 1.88. The predicted molar refractivity (Wildman–Crippen MR) is 16.6 cm³/mol. The van der Waals surface area contributed by atoms with Gasteiger partial charge >= 0.3 is 0 Å². The van der Waals surface area contributed by atoms with Gasteiger partial charge in [-0.2, -0.15) is 4.40 Å². The summed E-state index contributed by atoms with van der Waals surface area (Å²) < 4.78 is 12.7. The van der Waals surface area contributed by atoms with Crippen LogP contribution in [0.15, 0.2) is 4.40 Å². The molecule has 0 saturated carbocycles. The van der Waals surface area contributed by atoms with Gasteiger partial charge in [0.2, 0.25) is 0 Å². The standard InChI is InChI=1S/CHNOS/c3-4-1-2-4/h1H. The first-order valence-corrected chi connectivity index (χ1v) is 2.01. The van der Waals surface area contributed by atoms with E-state index in [1.54, 1.807) is 0 Å². The fraction of sp³-hybridized carbons (Fsp3) is 0. The van der Waals surface area contributed by atoms with Gasteiger partial charge in [-0.15, -0.1) is 0 Å². The van der Waals surface area contributed by atoms with Crippen molar-refractivity contribution in [2.45, 2.75) is 0 Å². The Labute approximate surface area is 26.1 Å². The summed E-state index contributed by atoms with van der Waals surface area (Å²) in [6, 6.07) is 0. The van der Waals surface area contributed by atoms with Crippen molar-refractivity contribution in [3.05, 3.63) is 0 Å². The third kappa shape index (κ3) is 0.154. The molecule has 0 aromatic carbocycles. The van der Waals surface area contributed by atoms with Crippen LogP contribution < -0.4 is 0 Å². The Morgan fingerprint density at radius 2 is 2.25 bits per heavy atom. The molecule has 0 spiro atoms. The molecule has 1 unspecified atom stereocenters. The largest absolute Gasteiger partial charge is 0.228 e. The molecule has 0 saturated heterocycles. The quantitative estimate of drug-likeness (QED) is 0.388. The maximum absolute atomic E-state index is 9.44. The molecule has 1 aliphatic heterocycles. The highest BCUT2D eigenvalue weighted by atomic mass is 32.2. The number of nitrogens with zero attached hydrogens (tertiary/aromatic N) is 1. The fourth-order valence-electron chi connectivity index (χ4n) is 0.0176. The molecule has 0 N–H and O–H groups in total. The van der Waals surface area contributed by atoms with Crippen molar-refractivity contribution in [1.82, 2.24) is 0 Å². The fourth-order valence-corrected chi connectivity index (χ4v) is 0.158. The minimum Gasteiger partial charge on any atom is -0.228 e. The van der Waals surface area contributed by atoms with E-state index in [9.17, 15) is 4.21 Å². The van der Waals surface area contributed by atoms with Gasteiger partial charge in [0.1, 0.15) is 5.55 Å². The SMILES string of the molecule is O=S1C=N1. The average Bonchev–Trinajstić information content (AvgIpc) is 1.75. The second-order valence-electron chi connectivity index (χ2n) is 0.487. The Morgan fingerprint density at radius 1 is 2.00 bits per heavy atom. The third-order valence-electron chi connectivity index (χ3n) is 0.191. The highest BCUT2D eigenvalue weighted by Gasteiger charge is 1.97. The minimum absolute atomic E-state index is 0.861. The zero-order valence-electron chi connectivity index (χ0n) is 1.84. The van der Waals surface area contributed by atoms with Crippen molar-refractivity contribution >= 4 is 16.5 Å². The van der Waals surface area contributed by atoms with Gasteiger partial charge in [-0.05, 0) is 0 Å². The minimum atomic E-state index is -0.861. The summed E-state index contributed by atoms with van der Waals surface area (Å²) >= 11 is 0. The number of rotatable bonds is 0. The van der Waals surface area contributed by atoms with E-state index in [4.69, 9.17) is 0 Å². The van der Waals surface area contributed by atoms with Gasteiger partial charge in [0.05, 0.1) is 0 Å². The summed E-state index contributed by atoms with van der Waals surface area (Å²) in [7, 11) is -0.861. The van der Waals surface area contributed by atoms with Crippen LogP contribution in [0.3, 0.4) is 0 Å². The van der Waals surface area contributed by atoms with Gasteiger partial charge in [0.25, 0.3) is 0 Å². The lowest BCUT2D eigenvalue weighted by Gasteiger charge is -1.31.